The first-order valence-corrected chi connectivity index (χ1v) is 13.0. The van der Waals surface area contributed by atoms with Crippen LogP contribution in [-0.4, -0.2) is 34.0 Å². The molecule has 4 radical (unpaired) electrons. The smallest absolute Gasteiger partial charge is 0.167 e. The Balaban J connectivity index is 0.00000544. The first kappa shape index (κ1) is 30.0. The van der Waals surface area contributed by atoms with Gasteiger partial charge in [0.2, 0.25) is 0 Å². The average Bonchev–Trinajstić information content (AvgIpc) is 2.80. The van der Waals surface area contributed by atoms with Gasteiger partial charge in [-0.3, -0.25) is 0 Å². The second-order valence-electron chi connectivity index (χ2n) is 8.28. The van der Waals surface area contributed by atoms with Crippen LogP contribution in [0.15, 0.2) is 48.5 Å². The van der Waals surface area contributed by atoms with Crippen LogP contribution in [-0.2, 0) is 12.8 Å². The molecule has 0 bridgehead atoms. The molecule has 5 heteroatoms. The molecule has 0 heterocycles. The van der Waals surface area contributed by atoms with E-state index in [0.717, 1.165) is 24.3 Å². The summed E-state index contributed by atoms with van der Waals surface area (Å²) >= 11 is 11.0. The van der Waals surface area contributed by atoms with E-state index in [0.29, 0.717) is 22.9 Å². The molecule has 0 fully saturated rings. The van der Waals surface area contributed by atoms with Gasteiger partial charge in [0.1, 0.15) is 11.5 Å². The van der Waals surface area contributed by atoms with Crippen molar-refractivity contribution >= 4 is 58.4 Å². The number of ether oxygens (including phenoxy) is 2. The van der Waals surface area contributed by atoms with E-state index in [9.17, 15) is 0 Å². The summed E-state index contributed by atoms with van der Waals surface area (Å²) in [7, 11) is 0. The maximum Gasteiger partial charge on any atom is 0.167 e. The number of para-hydroxylation sites is 2. The van der Waals surface area contributed by atoms with Crippen LogP contribution >= 0.6 is 24.4 Å². The minimum atomic E-state index is 0. The van der Waals surface area contributed by atoms with E-state index in [1.807, 2.05) is 24.3 Å². The van der Waals surface area contributed by atoms with Crippen molar-refractivity contribution < 1.29 is 9.47 Å². The van der Waals surface area contributed by atoms with Crippen molar-refractivity contribution in [1.29, 1.82) is 0 Å². The Hall–Kier alpha value is -0.981. The zero-order chi connectivity index (χ0) is 23.0. The number of hydrogen-bond acceptors (Lipinski definition) is 4. The number of benzene rings is 2. The van der Waals surface area contributed by atoms with Crippen molar-refractivity contribution in [2.75, 3.05) is 0 Å². The summed E-state index contributed by atoms with van der Waals surface area (Å²) in [6.45, 7) is 4.46. The Bertz CT molecular complexity index is 769. The Morgan fingerprint density at radius 3 is 1.39 bits per heavy atom. The third kappa shape index (κ3) is 12.3. The quantitative estimate of drug-likeness (QED) is 0.118. The number of rotatable bonds is 15. The van der Waals surface area contributed by atoms with E-state index < -0.39 is 0 Å². The molecule has 2 aromatic rings. The van der Waals surface area contributed by atoms with Crippen molar-refractivity contribution in [2.24, 2.45) is 0 Å². The number of thiocarbonyl (C=S) groups is 2. The van der Waals surface area contributed by atoms with Crippen LogP contribution in [0.1, 0.15) is 89.2 Å². The van der Waals surface area contributed by atoms with Crippen LogP contribution in [0.4, 0.5) is 0 Å². The molecule has 178 valence electrons. The standard InChI is InChI=1S/C28H38O2S2.Sn/c1-3-5-7-9-15-23-17-11-13-19-25(23)29-27(31)21-22-28(32)30-26-20-14-12-18-24(26)16-10-8-6-4-2;/h11-14,17-20H,3-10,15-16,21-22H2,1-2H3;. The van der Waals surface area contributed by atoms with Crippen molar-refractivity contribution in [3.8, 4) is 11.5 Å². The van der Waals surface area contributed by atoms with Crippen LogP contribution in [0, 0.1) is 0 Å². The summed E-state index contributed by atoms with van der Waals surface area (Å²) < 4.78 is 12.0. The van der Waals surface area contributed by atoms with Gasteiger partial charge in [0.05, 0.1) is 0 Å². The van der Waals surface area contributed by atoms with Gasteiger partial charge in [-0.05, 0) is 73.4 Å². The van der Waals surface area contributed by atoms with Gasteiger partial charge < -0.3 is 9.47 Å². The third-order valence-corrected chi connectivity index (χ3v) is 6.10. The predicted octanol–water partition coefficient (Wildman–Crippen LogP) is 8.44. The second kappa shape index (κ2) is 18.4. The first-order valence-electron chi connectivity index (χ1n) is 12.2. The molecular weight excluding hydrogens is 551 g/mol. The van der Waals surface area contributed by atoms with Gasteiger partial charge >= 0.3 is 0 Å². The van der Waals surface area contributed by atoms with Crippen LogP contribution in [0.3, 0.4) is 0 Å². The van der Waals surface area contributed by atoms with Gasteiger partial charge in [0.15, 0.2) is 10.1 Å². The fourth-order valence-electron chi connectivity index (χ4n) is 3.66. The van der Waals surface area contributed by atoms with Crippen LogP contribution in [0.25, 0.3) is 0 Å². The maximum absolute atomic E-state index is 6.02. The second-order valence-corrected chi connectivity index (χ2v) is 9.20. The summed E-state index contributed by atoms with van der Waals surface area (Å²) in [6.07, 6.45) is 13.1. The minimum Gasteiger partial charge on any atom is -0.450 e. The Kier molecular flexibility index (Phi) is 16.7. The van der Waals surface area contributed by atoms with E-state index in [2.05, 4.69) is 38.1 Å². The molecule has 0 aromatic heterocycles. The molecule has 0 aliphatic rings. The van der Waals surface area contributed by atoms with Crippen LogP contribution in [0.5, 0.6) is 11.5 Å². The molecular formula is C28H38O2S2Sn. The van der Waals surface area contributed by atoms with E-state index in [1.54, 1.807) is 0 Å². The molecule has 2 nitrogen and oxygen atoms in total. The molecule has 2 rings (SSSR count). The first-order chi connectivity index (χ1) is 15.6. The molecule has 0 N–H and O–H groups in total. The van der Waals surface area contributed by atoms with Gasteiger partial charge in [-0.15, -0.1) is 0 Å². The molecule has 0 aliphatic heterocycles. The van der Waals surface area contributed by atoms with Crippen molar-refractivity contribution in [3.05, 3.63) is 59.7 Å². The molecule has 2 aromatic carbocycles. The summed E-state index contributed by atoms with van der Waals surface area (Å²) in [5, 5.41) is 1.12. The zero-order valence-electron chi connectivity index (χ0n) is 20.2. The van der Waals surface area contributed by atoms with Crippen LogP contribution in [0.2, 0.25) is 0 Å². The number of hydrogen-bond donors (Lipinski definition) is 0. The van der Waals surface area contributed by atoms with Gasteiger partial charge in [-0.2, -0.15) is 0 Å². The van der Waals surface area contributed by atoms with E-state index in [4.69, 9.17) is 33.9 Å². The molecule has 0 unspecified atom stereocenters. The summed E-state index contributed by atoms with van der Waals surface area (Å²) in [4.78, 5) is 0. The molecule has 33 heavy (non-hydrogen) atoms. The molecule has 0 atom stereocenters. The SMILES string of the molecule is CCCCCCc1ccccc1OC(=S)CCC(=S)Oc1ccccc1CCCCCC.[Sn]. The normalized spacial score (nSPS) is 10.4. The third-order valence-electron chi connectivity index (χ3n) is 5.53. The zero-order valence-corrected chi connectivity index (χ0v) is 24.7. The largest absolute Gasteiger partial charge is 0.450 e. The van der Waals surface area contributed by atoms with Gasteiger partial charge in [0, 0.05) is 36.7 Å². The van der Waals surface area contributed by atoms with E-state index in [1.165, 1.54) is 62.5 Å². The molecule has 0 spiro atoms. The summed E-state index contributed by atoms with van der Waals surface area (Å²) in [6, 6.07) is 16.4. The van der Waals surface area contributed by atoms with Crippen molar-refractivity contribution in [3.63, 3.8) is 0 Å². The van der Waals surface area contributed by atoms with Crippen molar-refractivity contribution in [2.45, 2.75) is 90.9 Å². The van der Waals surface area contributed by atoms with E-state index in [-0.39, 0.29) is 23.9 Å². The predicted molar refractivity (Wildman–Crippen MR) is 150 cm³/mol. The molecule has 0 amide bonds. The monoisotopic (exact) mass is 590 g/mol. The molecule has 0 saturated carbocycles. The summed E-state index contributed by atoms with van der Waals surface area (Å²) in [5.74, 6) is 1.75. The number of aryl methyl sites for hydroxylation is 2. The van der Waals surface area contributed by atoms with Gasteiger partial charge in [0.25, 0.3) is 0 Å². The Morgan fingerprint density at radius 2 is 1.00 bits per heavy atom. The summed E-state index contributed by atoms with van der Waals surface area (Å²) in [5.41, 5.74) is 2.45. The molecule has 0 aliphatic carbocycles. The fourth-order valence-corrected chi connectivity index (χ4v) is 4.04. The Morgan fingerprint density at radius 1 is 0.606 bits per heavy atom. The molecule has 0 saturated heterocycles. The topological polar surface area (TPSA) is 18.5 Å². The van der Waals surface area contributed by atoms with Gasteiger partial charge in [-0.25, -0.2) is 0 Å². The average molecular weight is 589 g/mol. The maximum atomic E-state index is 6.02. The van der Waals surface area contributed by atoms with E-state index >= 15 is 0 Å². The number of unbranched alkanes of at least 4 members (excludes halogenated alkanes) is 6. The van der Waals surface area contributed by atoms with Gasteiger partial charge in [-0.1, -0.05) is 88.8 Å². The fraction of sp³-hybridized carbons (Fsp3) is 0.500. The van der Waals surface area contributed by atoms with Crippen LogP contribution < -0.4 is 9.47 Å². The Labute approximate surface area is 228 Å². The minimum absolute atomic E-state index is 0. The van der Waals surface area contributed by atoms with Crippen molar-refractivity contribution in [1.82, 2.24) is 0 Å².